The number of aliphatic hydroxyl groups is 2. The molecule has 7 heteroatoms. The van der Waals surface area contributed by atoms with Crippen molar-refractivity contribution in [1.82, 2.24) is 0 Å². The molecule has 2 saturated heterocycles. The van der Waals surface area contributed by atoms with Crippen molar-refractivity contribution < 1.29 is 29.2 Å². The molecule has 5 rings (SSSR count). The number of ether oxygens (including phenoxy) is 4. The maximum Gasteiger partial charge on any atom is 0.184 e. The molecular formula is C24H25NO6. The molecule has 1 unspecified atom stereocenters. The fraction of sp³-hybridized carbons (Fsp3) is 0.375. The molecule has 1 aliphatic carbocycles. The van der Waals surface area contributed by atoms with Crippen LogP contribution >= 0.6 is 0 Å². The number of aliphatic imine (C=N–C) groups is 1. The lowest BCUT2D eigenvalue weighted by Crippen LogP contribution is -2.61. The van der Waals surface area contributed by atoms with Crippen LogP contribution in [-0.2, 0) is 25.4 Å². The normalized spacial score (nSPS) is 34.0. The van der Waals surface area contributed by atoms with E-state index in [1.165, 1.54) is 7.11 Å². The van der Waals surface area contributed by atoms with E-state index < -0.39 is 36.9 Å². The Labute approximate surface area is 180 Å². The highest BCUT2D eigenvalue weighted by Gasteiger charge is 2.50. The van der Waals surface area contributed by atoms with Gasteiger partial charge < -0.3 is 29.2 Å². The summed E-state index contributed by atoms with van der Waals surface area (Å²) < 4.78 is 23.5. The summed E-state index contributed by atoms with van der Waals surface area (Å²) in [4.78, 5) is 4.72. The molecule has 6 atom stereocenters. The zero-order chi connectivity index (χ0) is 21.4. The van der Waals surface area contributed by atoms with E-state index in [0.29, 0.717) is 12.1 Å². The van der Waals surface area contributed by atoms with Gasteiger partial charge >= 0.3 is 0 Å². The van der Waals surface area contributed by atoms with E-state index in [4.69, 9.17) is 23.9 Å². The van der Waals surface area contributed by atoms with Crippen molar-refractivity contribution in [2.75, 3.05) is 13.7 Å². The van der Waals surface area contributed by atoms with Crippen LogP contribution in [0.1, 0.15) is 23.0 Å². The molecule has 0 spiro atoms. The summed E-state index contributed by atoms with van der Waals surface area (Å²) in [5.74, 6) is 0.0814. The molecule has 2 fully saturated rings. The van der Waals surface area contributed by atoms with E-state index >= 15 is 0 Å². The standard InChI is InChI=1S/C24H25NO6/c1-28-24-20(25-19-16-10-6-5-7-14(16)11-12-17(19)26)21(27)22-18(30-24)13-29-23(31-22)15-8-3-2-4-9-15/h2-10,12,18,20-24,26-27H,11,13H2,1H3/t18-,20+,21+,22-,23?,24-/m1/s1. The van der Waals surface area contributed by atoms with Gasteiger partial charge in [-0.15, -0.1) is 0 Å². The molecule has 0 bridgehead atoms. The summed E-state index contributed by atoms with van der Waals surface area (Å²) in [6.07, 6.45) is -1.19. The number of aliphatic hydroxyl groups excluding tert-OH is 2. The van der Waals surface area contributed by atoms with Crippen molar-refractivity contribution in [3.05, 3.63) is 83.1 Å². The first-order valence-corrected chi connectivity index (χ1v) is 10.4. The Morgan fingerprint density at radius 2 is 1.81 bits per heavy atom. The smallest absolute Gasteiger partial charge is 0.184 e. The number of nitrogens with zero attached hydrogens (tertiary/aromatic N) is 1. The van der Waals surface area contributed by atoms with Gasteiger partial charge in [0.2, 0.25) is 0 Å². The quantitative estimate of drug-likeness (QED) is 0.789. The lowest BCUT2D eigenvalue weighted by Gasteiger charge is -2.46. The largest absolute Gasteiger partial charge is 0.506 e. The van der Waals surface area contributed by atoms with Crippen LogP contribution in [0.3, 0.4) is 0 Å². The molecule has 0 aromatic heterocycles. The van der Waals surface area contributed by atoms with Gasteiger partial charge in [0.25, 0.3) is 0 Å². The van der Waals surface area contributed by atoms with Gasteiger partial charge in [0, 0.05) is 18.2 Å². The highest BCUT2D eigenvalue weighted by molar-refractivity contribution is 6.13. The first-order chi connectivity index (χ1) is 15.2. The topological polar surface area (TPSA) is 89.7 Å². The average Bonchev–Trinajstić information content (AvgIpc) is 2.82. The maximum atomic E-state index is 11.2. The summed E-state index contributed by atoms with van der Waals surface area (Å²) in [5.41, 5.74) is 3.18. The fourth-order valence-electron chi connectivity index (χ4n) is 4.34. The van der Waals surface area contributed by atoms with Gasteiger partial charge in [-0.2, -0.15) is 0 Å². The summed E-state index contributed by atoms with van der Waals surface area (Å²) >= 11 is 0. The Balaban J connectivity index is 1.45. The second-order valence-electron chi connectivity index (χ2n) is 7.86. The molecule has 2 aliphatic heterocycles. The van der Waals surface area contributed by atoms with E-state index in [1.54, 1.807) is 6.08 Å². The molecule has 2 heterocycles. The Bertz CT molecular complexity index is 991. The van der Waals surface area contributed by atoms with Crippen LogP contribution < -0.4 is 0 Å². The Morgan fingerprint density at radius 3 is 2.61 bits per heavy atom. The maximum absolute atomic E-state index is 11.2. The third-order valence-corrected chi connectivity index (χ3v) is 5.95. The Kier molecular flexibility index (Phi) is 5.60. The van der Waals surface area contributed by atoms with Crippen molar-refractivity contribution in [2.24, 2.45) is 4.99 Å². The second kappa shape index (κ2) is 8.53. The number of fused-ring (bicyclic) bond motifs is 2. The molecule has 2 aromatic carbocycles. The van der Waals surface area contributed by atoms with E-state index in [2.05, 4.69) is 0 Å². The Hall–Kier alpha value is -2.55. The van der Waals surface area contributed by atoms with E-state index in [0.717, 1.165) is 16.7 Å². The molecular weight excluding hydrogens is 398 g/mol. The minimum Gasteiger partial charge on any atom is -0.506 e. The molecule has 0 amide bonds. The number of benzene rings is 2. The molecule has 3 aliphatic rings. The summed E-state index contributed by atoms with van der Waals surface area (Å²) in [7, 11) is 1.51. The highest BCUT2D eigenvalue weighted by atomic mass is 16.7. The summed E-state index contributed by atoms with van der Waals surface area (Å²) in [5, 5.41) is 21.8. The van der Waals surface area contributed by atoms with Crippen LogP contribution in [0, 0.1) is 0 Å². The average molecular weight is 423 g/mol. The lowest BCUT2D eigenvalue weighted by atomic mass is 9.92. The molecule has 2 aromatic rings. The fourth-order valence-corrected chi connectivity index (χ4v) is 4.34. The van der Waals surface area contributed by atoms with Gasteiger partial charge in [-0.25, -0.2) is 0 Å². The molecule has 2 N–H and O–H groups in total. The van der Waals surface area contributed by atoms with E-state index in [1.807, 2.05) is 54.6 Å². The van der Waals surface area contributed by atoms with Gasteiger partial charge in [-0.1, -0.05) is 54.6 Å². The van der Waals surface area contributed by atoms with Gasteiger partial charge in [0.15, 0.2) is 12.6 Å². The second-order valence-corrected chi connectivity index (χ2v) is 7.86. The van der Waals surface area contributed by atoms with Gasteiger partial charge in [0.1, 0.15) is 35.8 Å². The molecule has 162 valence electrons. The van der Waals surface area contributed by atoms with Crippen LogP contribution in [-0.4, -0.2) is 60.3 Å². The SMILES string of the molecule is CO[C@@H]1O[C@@H]2COC(c3ccccc3)O[C@H]2[C@@H](O)[C@@H]1N=C1C(O)=CCc2ccccc21. The van der Waals surface area contributed by atoms with Crippen LogP contribution in [0.2, 0.25) is 0 Å². The number of methoxy groups -OCH3 is 1. The molecule has 0 saturated carbocycles. The first-order valence-electron chi connectivity index (χ1n) is 10.4. The van der Waals surface area contributed by atoms with E-state index in [-0.39, 0.29) is 12.4 Å². The van der Waals surface area contributed by atoms with Gasteiger partial charge in [0.05, 0.1) is 6.61 Å². The summed E-state index contributed by atoms with van der Waals surface area (Å²) in [6.45, 7) is 0.262. The molecule has 7 nitrogen and oxygen atoms in total. The number of allylic oxidation sites excluding steroid dienone is 2. The highest BCUT2D eigenvalue weighted by Crippen LogP contribution is 2.36. The van der Waals surface area contributed by atoms with Crippen LogP contribution in [0.5, 0.6) is 0 Å². The minimum atomic E-state index is -1.01. The predicted molar refractivity (Wildman–Crippen MR) is 113 cm³/mol. The number of rotatable bonds is 3. The predicted octanol–water partition coefficient (Wildman–Crippen LogP) is 2.69. The first kappa shape index (κ1) is 20.4. The van der Waals surface area contributed by atoms with Crippen molar-refractivity contribution in [2.45, 2.75) is 43.4 Å². The van der Waals surface area contributed by atoms with Crippen molar-refractivity contribution in [3.63, 3.8) is 0 Å². The number of hydrogen-bond donors (Lipinski definition) is 2. The van der Waals surface area contributed by atoms with Crippen LogP contribution in [0.25, 0.3) is 0 Å². The Morgan fingerprint density at radius 1 is 1.03 bits per heavy atom. The lowest BCUT2D eigenvalue weighted by molar-refractivity contribution is -0.338. The van der Waals surface area contributed by atoms with Gasteiger partial charge in [-0.3, -0.25) is 4.99 Å². The van der Waals surface area contributed by atoms with Crippen molar-refractivity contribution in [1.29, 1.82) is 0 Å². The summed E-state index contributed by atoms with van der Waals surface area (Å²) in [6, 6.07) is 16.6. The number of hydrogen-bond acceptors (Lipinski definition) is 7. The monoisotopic (exact) mass is 423 g/mol. The van der Waals surface area contributed by atoms with Crippen LogP contribution in [0.15, 0.2) is 71.4 Å². The van der Waals surface area contributed by atoms with Gasteiger partial charge in [-0.05, 0) is 18.1 Å². The van der Waals surface area contributed by atoms with Crippen molar-refractivity contribution in [3.8, 4) is 0 Å². The third kappa shape index (κ3) is 3.79. The minimum absolute atomic E-state index is 0.0814. The molecule has 0 radical (unpaired) electrons. The zero-order valence-corrected chi connectivity index (χ0v) is 17.1. The van der Waals surface area contributed by atoms with Crippen LogP contribution in [0.4, 0.5) is 0 Å². The zero-order valence-electron chi connectivity index (χ0n) is 17.1. The third-order valence-electron chi connectivity index (χ3n) is 5.95. The molecule has 31 heavy (non-hydrogen) atoms. The van der Waals surface area contributed by atoms with E-state index in [9.17, 15) is 10.2 Å². The van der Waals surface area contributed by atoms with Crippen molar-refractivity contribution >= 4 is 5.71 Å².